The van der Waals surface area contributed by atoms with Crippen molar-refractivity contribution in [3.8, 4) is 0 Å². The van der Waals surface area contributed by atoms with E-state index in [1.807, 2.05) is 6.07 Å². The van der Waals surface area contributed by atoms with E-state index in [9.17, 15) is 0 Å². The average molecular weight is 371 g/mol. The van der Waals surface area contributed by atoms with Crippen LogP contribution >= 0.6 is 0 Å². The zero-order valence-corrected chi connectivity index (χ0v) is 16.0. The molecule has 0 bridgehead atoms. The van der Waals surface area contributed by atoms with Gasteiger partial charge in [0.25, 0.3) is 0 Å². The Morgan fingerprint density at radius 2 is 1.10 bits per heavy atom. The number of hydrogen-bond donors (Lipinski definition) is 1. The van der Waals surface area contributed by atoms with Gasteiger partial charge in [0, 0.05) is 11.4 Å². The Morgan fingerprint density at radius 1 is 0.517 bits per heavy atom. The highest BCUT2D eigenvalue weighted by Gasteiger charge is 2.06. The molecule has 1 heteroatoms. The van der Waals surface area contributed by atoms with Crippen LogP contribution in [0.5, 0.6) is 0 Å². The van der Waals surface area contributed by atoms with Gasteiger partial charge in [-0.15, -0.1) is 0 Å². The maximum absolute atomic E-state index is 3.66. The fourth-order valence-electron chi connectivity index (χ4n) is 3.69. The Kier molecular flexibility index (Phi) is 4.56. The van der Waals surface area contributed by atoms with E-state index in [4.69, 9.17) is 0 Å². The van der Waals surface area contributed by atoms with Crippen LogP contribution < -0.4 is 5.32 Å². The number of nitrogens with one attached hydrogen (secondary N) is 1. The molecule has 0 spiro atoms. The minimum atomic E-state index is 1.08. The third-order valence-electron chi connectivity index (χ3n) is 5.20. The number of benzene rings is 5. The van der Waals surface area contributed by atoms with Crippen LogP contribution in [-0.2, 0) is 0 Å². The second kappa shape index (κ2) is 7.65. The van der Waals surface area contributed by atoms with Crippen LogP contribution in [-0.4, -0.2) is 0 Å². The van der Waals surface area contributed by atoms with E-state index >= 15 is 0 Å². The Balaban J connectivity index is 1.59. The topological polar surface area (TPSA) is 12.0 Å². The molecule has 5 aromatic carbocycles. The van der Waals surface area contributed by atoms with E-state index in [2.05, 4.69) is 121 Å². The average Bonchev–Trinajstić information content (AvgIpc) is 2.79. The van der Waals surface area contributed by atoms with Gasteiger partial charge in [0.05, 0.1) is 0 Å². The minimum Gasteiger partial charge on any atom is -0.355 e. The van der Waals surface area contributed by atoms with E-state index in [0.717, 1.165) is 11.4 Å². The van der Waals surface area contributed by atoms with Crippen LogP contribution in [0.25, 0.3) is 33.3 Å². The van der Waals surface area contributed by atoms with Crippen molar-refractivity contribution in [2.45, 2.75) is 0 Å². The summed E-state index contributed by atoms with van der Waals surface area (Å²) >= 11 is 0. The molecule has 0 aliphatic carbocycles. The third kappa shape index (κ3) is 3.76. The summed E-state index contributed by atoms with van der Waals surface area (Å²) in [6, 6.07) is 40.5. The minimum absolute atomic E-state index is 1.08. The van der Waals surface area contributed by atoms with Gasteiger partial charge in [0.1, 0.15) is 0 Å². The van der Waals surface area contributed by atoms with Crippen molar-refractivity contribution in [2.24, 2.45) is 0 Å². The summed E-state index contributed by atoms with van der Waals surface area (Å²) in [5.74, 6) is 0. The first-order chi connectivity index (χ1) is 14.3. The summed E-state index contributed by atoms with van der Waals surface area (Å²) < 4.78 is 0. The fourth-order valence-corrected chi connectivity index (χ4v) is 3.69. The molecule has 1 N–H and O–H groups in total. The highest BCUT2D eigenvalue weighted by molar-refractivity contribution is 5.95. The van der Waals surface area contributed by atoms with Crippen molar-refractivity contribution in [2.75, 3.05) is 5.32 Å². The molecule has 0 aliphatic rings. The first-order valence-electron chi connectivity index (χ1n) is 9.87. The van der Waals surface area contributed by atoms with E-state index in [0.29, 0.717) is 0 Å². The molecular weight excluding hydrogens is 350 g/mol. The van der Waals surface area contributed by atoms with Gasteiger partial charge in [-0.3, -0.25) is 0 Å². The van der Waals surface area contributed by atoms with Gasteiger partial charge in [-0.25, -0.2) is 0 Å². The second-order valence-electron chi connectivity index (χ2n) is 7.22. The SMILES string of the molecule is C(=C(Nc1ccc2ccccc2c1)c1ccc2ccccc2c1)c1ccccc1. The molecule has 0 atom stereocenters. The highest BCUT2D eigenvalue weighted by Crippen LogP contribution is 2.27. The van der Waals surface area contributed by atoms with Crippen LogP contribution in [0.2, 0.25) is 0 Å². The predicted octanol–water partition coefficient (Wildman–Crippen LogP) is 7.60. The summed E-state index contributed by atoms with van der Waals surface area (Å²) in [6.07, 6.45) is 2.21. The molecule has 0 heterocycles. The van der Waals surface area contributed by atoms with Gasteiger partial charge in [0.15, 0.2) is 0 Å². The lowest BCUT2D eigenvalue weighted by molar-refractivity contribution is 1.56. The Labute approximate surface area is 170 Å². The van der Waals surface area contributed by atoms with Gasteiger partial charge >= 0.3 is 0 Å². The van der Waals surface area contributed by atoms with Crippen LogP contribution in [0.15, 0.2) is 115 Å². The van der Waals surface area contributed by atoms with E-state index in [1.54, 1.807) is 0 Å². The van der Waals surface area contributed by atoms with Crippen molar-refractivity contribution in [1.29, 1.82) is 0 Å². The lowest BCUT2D eigenvalue weighted by Crippen LogP contribution is -1.99. The largest absolute Gasteiger partial charge is 0.355 e. The first-order valence-corrected chi connectivity index (χ1v) is 9.87. The molecule has 5 aromatic rings. The van der Waals surface area contributed by atoms with Gasteiger partial charge in [-0.1, -0.05) is 97.1 Å². The lowest BCUT2D eigenvalue weighted by atomic mass is 10.0. The molecule has 0 radical (unpaired) electrons. The molecule has 1 nitrogen and oxygen atoms in total. The summed E-state index contributed by atoms with van der Waals surface area (Å²) in [7, 11) is 0. The third-order valence-corrected chi connectivity index (χ3v) is 5.20. The molecule has 0 amide bonds. The van der Waals surface area contributed by atoms with E-state index in [1.165, 1.54) is 32.7 Å². The molecule has 0 saturated carbocycles. The Hall–Kier alpha value is -3.84. The summed E-state index contributed by atoms with van der Waals surface area (Å²) in [4.78, 5) is 0. The fraction of sp³-hybridized carbons (Fsp3) is 0. The van der Waals surface area contributed by atoms with Gasteiger partial charge < -0.3 is 5.32 Å². The number of anilines is 1. The molecule has 5 rings (SSSR count). The maximum atomic E-state index is 3.66. The Morgan fingerprint density at radius 3 is 1.83 bits per heavy atom. The lowest BCUT2D eigenvalue weighted by Gasteiger charge is -2.14. The van der Waals surface area contributed by atoms with Crippen molar-refractivity contribution in [3.63, 3.8) is 0 Å². The molecule has 0 unspecified atom stereocenters. The molecule has 29 heavy (non-hydrogen) atoms. The van der Waals surface area contributed by atoms with Crippen LogP contribution in [0, 0.1) is 0 Å². The monoisotopic (exact) mass is 371 g/mol. The van der Waals surface area contributed by atoms with E-state index in [-0.39, 0.29) is 0 Å². The molecule has 138 valence electrons. The number of rotatable bonds is 4. The van der Waals surface area contributed by atoms with Crippen molar-refractivity contribution >= 4 is 39.0 Å². The zero-order chi connectivity index (χ0) is 19.5. The van der Waals surface area contributed by atoms with Crippen LogP contribution in [0.4, 0.5) is 5.69 Å². The zero-order valence-electron chi connectivity index (χ0n) is 16.0. The normalized spacial score (nSPS) is 11.7. The molecule has 0 saturated heterocycles. The second-order valence-corrected chi connectivity index (χ2v) is 7.22. The standard InChI is InChI=1S/C28H21N/c1-2-8-21(9-3-1)18-28(26-15-14-22-10-4-6-12-24(22)19-26)29-27-17-16-23-11-5-7-13-25(23)20-27/h1-20,29H. The summed E-state index contributed by atoms with van der Waals surface area (Å²) in [6.45, 7) is 0. The van der Waals surface area contributed by atoms with Crippen LogP contribution in [0.3, 0.4) is 0 Å². The summed E-state index contributed by atoms with van der Waals surface area (Å²) in [5.41, 5.74) is 4.50. The Bertz CT molecular complexity index is 1320. The van der Waals surface area contributed by atoms with Crippen molar-refractivity contribution < 1.29 is 0 Å². The van der Waals surface area contributed by atoms with Crippen LogP contribution in [0.1, 0.15) is 11.1 Å². The smallest absolute Gasteiger partial charge is 0.0464 e. The predicted molar refractivity (Wildman–Crippen MR) is 126 cm³/mol. The molecular formula is C28H21N. The summed E-state index contributed by atoms with van der Waals surface area (Å²) in [5, 5.41) is 8.63. The molecule has 0 fully saturated rings. The number of fused-ring (bicyclic) bond motifs is 2. The van der Waals surface area contributed by atoms with Gasteiger partial charge in [-0.2, -0.15) is 0 Å². The number of hydrogen-bond acceptors (Lipinski definition) is 1. The first kappa shape index (κ1) is 17.3. The highest BCUT2D eigenvalue weighted by atomic mass is 14.9. The van der Waals surface area contributed by atoms with Crippen molar-refractivity contribution in [1.82, 2.24) is 0 Å². The molecule has 0 aliphatic heterocycles. The molecule has 0 aromatic heterocycles. The quantitative estimate of drug-likeness (QED) is 0.321. The van der Waals surface area contributed by atoms with E-state index < -0.39 is 0 Å². The van der Waals surface area contributed by atoms with Gasteiger partial charge in [-0.05, 0) is 56.9 Å². The maximum Gasteiger partial charge on any atom is 0.0464 e. The van der Waals surface area contributed by atoms with Gasteiger partial charge in [0.2, 0.25) is 0 Å². The van der Waals surface area contributed by atoms with Crippen molar-refractivity contribution in [3.05, 3.63) is 126 Å².